The molecule has 1 heterocycles. The number of hydrogen-bond acceptors (Lipinski definition) is 3. The number of carbonyl (C=O) groups excluding carboxylic acids is 1. The van der Waals surface area contributed by atoms with Crippen LogP contribution in [0, 0.1) is 6.92 Å². The lowest BCUT2D eigenvalue weighted by Crippen LogP contribution is -2.47. The molecule has 0 bridgehead atoms. The van der Waals surface area contributed by atoms with Crippen molar-refractivity contribution in [1.29, 1.82) is 0 Å². The molecule has 0 unspecified atom stereocenters. The fourth-order valence-electron chi connectivity index (χ4n) is 2.39. The van der Waals surface area contributed by atoms with Crippen LogP contribution in [-0.2, 0) is 17.9 Å². The largest absolute Gasteiger partial charge is 0.372 e. The Labute approximate surface area is 138 Å². The van der Waals surface area contributed by atoms with E-state index in [9.17, 15) is 4.79 Å². The zero-order valence-corrected chi connectivity index (χ0v) is 14.4. The second-order valence-electron chi connectivity index (χ2n) is 6.34. The predicted molar refractivity (Wildman–Crippen MR) is 93.2 cm³/mol. The Morgan fingerprint density at radius 2 is 1.96 bits per heavy atom. The highest BCUT2D eigenvalue weighted by Gasteiger charge is 2.27. The fourth-order valence-corrected chi connectivity index (χ4v) is 2.39. The van der Waals surface area contributed by atoms with Gasteiger partial charge in [-0.1, -0.05) is 24.6 Å². The van der Waals surface area contributed by atoms with Crippen molar-refractivity contribution in [2.24, 2.45) is 0 Å². The van der Waals surface area contributed by atoms with Gasteiger partial charge in [0.2, 0.25) is 5.91 Å². The molecule has 0 radical (unpaired) electrons. The highest BCUT2D eigenvalue weighted by atomic mass is 16.2. The number of rotatable bonds is 7. The van der Waals surface area contributed by atoms with Gasteiger partial charge in [0, 0.05) is 24.6 Å². The van der Waals surface area contributed by atoms with E-state index in [4.69, 9.17) is 0 Å². The van der Waals surface area contributed by atoms with Gasteiger partial charge in [-0.25, -0.2) is 4.98 Å². The van der Waals surface area contributed by atoms with Crippen LogP contribution in [0.1, 0.15) is 38.6 Å². The van der Waals surface area contributed by atoms with Crippen LogP contribution in [0.15, 0.2) is 36.7 Å². The summed E-state index contributed by atoms with van der Waals surface area (Å²) in [5.74, 6) is 0.829. The number of amides is 1. The monoisotopic (exact) mass is 314 g/mol. The van der Waals surface area contributed by atoms with Gasteiger partial charge in [-0.05, 0) is 39.3 Å². The van der Waals surface area contributed by atoms with E-state index in [1.165, 1.54) is 5.56 Å². The molecule has 0 aliphatic carbocycles. The molecule has 0 aliphatic rings. The van der Waals surface area contributed by atoms with Crippen molar-refractivity contribution >= 4 is 11.6 Å². The first-order chi connectivity index (χ1) is 10.9. The molecule has 2 N–H and O–H groups in total. The van der Waals surface area contributed by atoms with E-state index < -0.39 is 5.54 Å². The van der Waals surface area contributed by atoms with Crippen molar-refractivity contribution in [3.63, 3.8) is 0 Å². The topological polar surface area (TPSA) is 59.0 Å². The SMILES string of the molecule is CCCn1ccnc1CNC(=O)C(C)(C)Nc1ccc(C)cc1. The van der Waals surface area contributed by atoms with Gasteiger partial charge in [0.05, 0.1) is 6.54 Å². The third kappa shape index (κ3) is 4.58. The summed E-state index contributed by atoms with van der Waals surface area (Å²) in [6.45, 7) is 9.26. The van der Waals surface area contributed by atoms with Crippen molar-refractivity contribution in [3.05, 3.63) is 48.0 Å². The van der Waals surface area contributed by atoms with Crippen molar-refractivity contribution in [2.75, 3.05) is 5.32 Å². The molecular weight excluding hydrogens is 288 g/mol. The maximum absolute atomic E-state index is 12.5. The van der Waals surface area contributed by atoms with Gasteiger partial charge >= 0.3 is 0 Å². The maximum atomic E-state index is 12.5. The number of nitrogens with one attached hydrogen (secondary N) is 2. The number of aryl methyl sites for hydroxylation is 2. The van der Waals surface area contributed by atoms with E-state index in [2.05, 4.69) is 27.1 Å². The lowest BCUT2D eigenvalue weighted by Gasteiger charge is -2.26. The minimum absolute atomic E-state index is 0.0517. The van der Waals surface area contributed by atoms with Gasteiger partial charge in [-0.3, -0.25) is 4.79 Å². The summed E-state index contributed by atoms with van der Waals surface area (Å²) in [6.07, 6.45) is 4.76. The molecule has 2 aromatic rings. The normalized spacial score (nSPS) is 11.3. The Hall–Kier alpha value is -2.30. The first-order valence-electron chi connectivity index (χ1n) is 8.05. The molecule has 23 heavy (non-hydrogen) atoms. The van der Waals surface area contributed by atoms with Crippen LogP contribution < -0.4 is 10.6 Å². The molecule has 1 aromatic heterocycles. The standard InChI is InChI=1S/C18H26N4O/c1-5-11-22-12-10-19-16(22)13-20-17(23)18(3,4)21-15-8-6-14(2)7-9-15/h6-10,12,21H,5,11,13H2,1-4H3,(H,20,23). The van der Waals surface area contributed by atoms with Crippen LogP contribution in [0.3, 0.4) is 0 Å². The summed E-state index contributed by atoms with van der Waals surface area (Å²) < 4.78 is 2.07. The molecule has 0 aliphatic heterocycles. The molecule has 0 atom stereocenters. The number of carbonyl (C=O) groups is 1. The van der Waals surface area contributed by atoms with E-state index in [0.717, 1.165) is 24.5 Å². The summed E-state index contributed by atoms with van der Waals surface area (Å²) in [5, 5.41) is 6.25. The Kier molecular flexibility index (Phi) is 5.42. The average molecular weight is 314 g/mol. The molecule has 124 valence electrons. The van der Waals surface area contributed by atoms with E-state index in [1.54, 1.807) is 6.20 Å². The van der Waals surface area contributed by atoms with Crippen LogP contribution in [0.2, 0.25) is 0 Å². The quantitative estimate of drug-likeness (QED) is 0.825. The molecular formula is C18H26N4O. The number of benzene rings is 1. The van der Waals surface area contributed by atoms with E-state index >= 15 is 0 Å². The lowest BCUT2D eigenvalue weighted by atomic mass is 10.0. The van der Waals surface area contributed by atoms with E-state index in [-0.39, 0.29) is 5.91 Å². The van der Waals surface area contributed by atoms with E-state index in [0.29, 0.717) is 6.54 Å². The molecule has 5 heteroatoms. The van der Waals surface area contributed by atoms with Crippen molar-refractivity contribution in [1.82, 2.24) is 14.9 Å². The van der Waals surface area contributed by atoms with Crippen molar-refractivity contribution < 1.29 is 4.79 Å². The van der Waals surface area contributed by atoms with Crippen LogP contribution in [0.25, 0.3) is 0 Å². The average Bonchev–Trinajstić information content (AvgIpc) is 2.94. The molecule has 5 nitrogen and oxygen atoms in total. The molecule has 0 saturated heterocycles. The summed E-state index contributed by atoms with van der Waals surface area (Å²) in [4.78, 5) is 16.8. The summed E-state index contributed by atoms with van der Waals surface area (Å²) in [6, 6.07) is 8.02. The number of nitrogens with zero attached hydrogens (tertiary/aromatic N) is 2. The summed E-state index contributed by atoms with van der Waals surface area (Å²) in [7, 11) is 0. The van der Waals surface area contributed by atoms with Gasteiger partial charge in [-0.15, -0.1) is 0 Å². The summed E-state index contributed by atoms with van der Waals surface area (Å²) >= 11 is 0. The minimum Gasteiger partial charge on any atom is -0.372 e. The molecule has 2 rings (SSSR count). The Bertz CT molecular complexity index is 643. The second-order valence-corrected chi connectivity index (χ2v) is 6.34. The van der Waals surface area contributed by atoms with Crippen molar-refractivity contribution in [3.8, 4) is 0 Å². The third-order valence-electron chi connectivity index (χ3n) is 3.75. The van der Waals surface area contributed by atoms with Crippen LogP contribution >= 0.6 is 0 Å². The minimum atomic E-state index is -0.697. The number of anilines is 1. The molecule has 1 amide bonds. The zero-order valence-electron chi connectivity index (χ0n) is 14.4. The Balaban J connectivity index is 1.95. The lowest BCUT2D eigenvalue weighted by molar-refractivity contribution is -0.124. The molecule has 1 aromatic carbocycles. The number of hydrogen-bond donors (Lipinski definition) is 2. The Morgan fingerprint density at radius 3 is 2.61 bits per heavy atom. The smallest absolute Gasteiger partial charge is 0.245 e. The van der Waals surface area contributed by atoms with Gasteiger partial charge in [0.15, 0.2) is 0 Å². The van der Waals surface area contributed by atoms with E-state index in [1.807, 2.05) is 51.2 Å². The predicted octanol–water partition coefficient (Wildman–Crippen LogP) is 3.11. The number of imidazole rings is 1. The number of aromatic nitrogens is 2. The van der Waals surface area contributed by atoms with Crippen LogP contribution in [-0.4, -0.2) is 21.0 Å². The third-order valence-corrected chi connectivity index (χ3v) is 3.75. The Morgan fingerprint density at radius 1 is 1.26 bits per heavy atom. The molecule has 0 saturated carbocycles. The zero-order chi connectivity index (χ0) is 16.9. The van der Waals surface area contributed by atoms with Gasteiger partial charge in [0.25, 0.3) is 0 Å². The fraction of sp³-hybridized carbons (Fsp3) is 0.444. The first-order valence-corrected chi connectivity index (χ1v) is 8.05. The maximum Gasteiger partial charge on any atom is 0.245 e. The second kappa shape index (κ2) is 7.31. The van der Waals surface area contributed by atoms with Gasteiger partial charge in [0.1, 0.15) is 11.4 Å². The molecule has 0 fully saturated rings. The van der Waals surface area contributed by atoms with Crippen LogP contribution in [0.5, 0.6) is 0 Å². The van der Waals surface area contributed by atoms with Gasteiger partial charge < -0.3 is 15.2 Å². The highest BCUT2D eigenvalue weighted by molar-refractivity contribution is 5.88. The summed E-state index contributed by atoms with van der Waals surface area (Å²) in [5.41, 5.74) is 1.43. The van der Waals surface area contributed by atoms with Crippen molar-refractivity contribution in [2.45, 2.75) is 52.7 Å². The molecule has 0 spiro atoms. The van der Waals surface area contributed by atoms with Crippen LogP contribution in [0.4, 0.5) is 5.69 Å². The van der Waals surface area contributed by atoms with Gasteiger partial charge in [-0.2, -0.15) is 0 Å². The first kappa shape index (κ1) is 17.1. The highest BCUT2D eigenvalue weighted by Crippen LogP contribution is 2.16.